The fourth-order valence-electron chi connectivity index (χ4n) is 3.29. The summed E-state index contributed by atoms with van der Waals surface area (Å²) in [5.74, 6) is 1.38. The minimum Gasteiger partial charge on any atom is -0.494 e. The number of carbonyl (C=O) groups is 2. The third-order valence-electron chi connectivity index (χ3n) is 4.76. The summed E-state index contributed by atoms with van der Waals surface area (Å²) < 4.78 is 16.2. The maximum Gasteiger partial charge on any atom is 0.231 e. The number of rotatable bonds is 6. The van der Waals surface area contributed by atoms with Gasteiger partial charge in [0, 0.05) is 30.4 Å². The molecule has 1 saturated heterocycles. The van der Waals surface area contributed by atoms with Gasteiger partial charge in [0.05, 0.1) is 12.5 Å². The van der Waals surface area contributed by atoms with Crippen LogP contribution in [0.4, 0.5) is 11.4 Å². The van der Waals surface area contributed by atoms with Gasteiger partial charge in [-0.2, -0.15) is 0 Å². The zero-order chi connectivity index (χ0) is 19.5. The van der Waals surface area contributed by atoms with Gasteiger partial charge < -0.3 is 24.4 Å². The van der Waals surface area contributed by atoms with Crippen LogP contribution in [0.15, 0.2) is 42.5 Å². The Morgan fingerprint density at radius 3 is 2.75 bits per heavy atom. The standard InChI is InChI=1S/C21H22N2O5/c1-2-9-26-17-6-4-16(5-7-17)23-12-14(10-20(23)24)21(25)22-15-3-8-18-19(11-15)28-13-27-18/h3-8,11,14H,2,9-10,12-13H2,1H3,(H,22,25)/t14-/m1/s1. The summed E-state index contributed by atoms with van der Waals surface area (Å²) in [7, 11) is 0. The van der Waals surface area contributed by atoms with Crippen LogP contribution < -0.4 is 24.4 Å². The lowest BCUT2D eigenvalue weighted by Crippen LogP contribution is -2.28. The lowest BCUT2D eigenvalue weighted by Gasteiger charge is -2.17. The molecular weight excluding hydrogens is 360 g/mol. The minimum absolute atomic E-state index is 0.0620. The number of carbonyl (C=O) groups excluding carboxylic acids is 2. The monoisotopic (exact) mass is 382 g/mol. The second-order valence-electron chi connectivity index (χ2n) is 6.81. The van der Waals surface area contributed by atoms with Crippen molar-refractivity contribution in [1.82, 2.24) is 0 Å². The highest BCUT2D eigenvalue weighted by Crippen LogP contribution is 2.34. The Morgan fingerprint density at radius 2 is 1.96 bits per heavy atom. The van der Waals surface area contributed by atoms with Crippen LogP contribution in [0, 0.1) is 5.92 Å². The number of amides is 2. The van der Waals surface area contributed by atoms with Crippen molar-refractivity contribution in [3.8, 4) is 17.2 Å². The van der Waals surface area contributed by atoms with Crippen LogP contribution in [-0.4, -0.2) is 31.8 Å². The molecule has 2 aromatic carbocycles. The maximum absolute atomic E-state index is 12.6. The predicted octanol–water partition coefficient (Wildman–Crippen LogP) is 3.20. The second-order valence-corrected chi connectivity index (χ2v) is 6.81. The third-order valence-corrected chi connectivity index (χ3v) is 4.76. The summed E-state index contributed by atoms with van der Waals surface area (Å²) in [5, 5.41) is 2.87. The molecular formula is C21H22N2O5. The molecule has 0 spiro atoms. The average Bonchev–Trinajstić information content (AvgIpc) is 3.33. The van der Waals surface area contributed by atoms with E-state index in [4.69, 9.17) is 14.2 Å². The van der Waals surface area contributed by atoms with E-state index in [1.54, 1.807) is 23.1 Å². The van der Waals surface area contributed by atoms with Crippen molar-refractivity contribution >= 4 is 23.2 Å². The molecule has 0 aliphatic carbocycles. The van der Waals surface area contributed by atoms with E-state index in [0.717, 1.165) is 17.9 Å². The first-order valence-electron chi connectivity index (χ1n) is 9.38. The van der Waals surface area contributed by atoms with E-state index in [1.807, 2.05) is 31.2 Å². The largest absolute Gasteiger partial charge is 0.494 e. The quantitative estimate of drug-likeness (QED) is 0.830. The van der Waals surface area contributed by atoms with Gasteiger partial charge in [0.15, 0.2) is 11.5 Å². The van der Waals surface area contributed by atoms with Crippen LogP contribution in [0.5, 0.6) is 17.2 Å². The fourth-order valence-corrected chi connectivity index (χ4v) is 3.29. The molecule has 2 aliphatic rings. The number of nitrogens with one attached hydrogen (secondary N) is 1. The van der Waals surface area contributed by atoms with Crippen molar-refractivity contribution in [1.29, 1.82) is 0 Å². The molecule has 1 fully saturated rings. The van der Waals surface area contributed by atoms with Gasteiger partial charge >= 0.3 is 0 Å². The average molecular weight is 382 g/mol. The fraction of sp³-hybridized carbons (Fsp3) is 0.333. The SMILES string of the molecule is CCCOc1ccc(N2C[C@H](C(=O)Nc3ccc4c(c3)OCO4)CC2=O)cc1. The van der Waals surface area contributed by atoms with Crippen LogP contribution in [0.1, 0.15) is 19.8 Å². The summed E-state index contributed by atoms with van der Waals surface area (Å²) in [5.41, 5.74) is 1.39. The van der Waals surface area contributed by atoms with Gasteiger partial charge in [-0.1, -0.05) is 6.92 Å². The molecule has 1 N–H and O–H groups in total. The van der Waals surface area contributed by atoms with Crippen LogP contribution in [0.2, 0.25) is 0 Å². The number of nitrogens with zero attached hydrogens (tertiary/aromatic N) is 1. The molecule has 0 radical (unpaired) electrons. The summed E-state index contributed by atoms with van der Waals surface area (Å²) in [6.07, 6.45) is 1.12. The first-order valence-corrected chi connectivity index (χ1v) is 9.38. The van der Waals surface area contributed by atoms with E-state index in [9.17, 15) is 9.59 Å². The Morgan fingerprint density at radius 1 is 1.18 bits per heavy atom. The normalized spacial score (nSPS) is 17.7. The first-order chi connectivity index (χ1) is 13.6. The molecule has 4 rings (SSSR count). The first kappa shape index (κ1) is 18.2. The molecule has 146 valence electrons. The van der Waals surface area contributed by atoms with Crippen LogP contribution in [-0.2, 0) is 9.59 Å². The minimum atomic E-state index is -0.408. The Bertz CT molecular complexity index is 881. The van der Waals surface area contributed by atoms with E-state index in [-0.39, 0.29) is 25.0 Å². The number of hydrogen-bond acceptors (Lipinski definition) is 5. The third kappa shape index (κ3) is 3.74. The summed E-state index contributed by atoms with van der Waals surface area (Å²) in [6.45, 7) is 3.24. The molecule has 28 heavy (non-hydrogen) atoms. The molecule has 7 heteroatoms. The van der Waals surface area contributed by atoms with Crippen molar-refractivity contribution in [2.45, 2.75) is 19.8 Å². The van der Waals surface area contributed by atoms with E-state index < -0.39 is 5.92 Å². The number of anilines is 2. The summed E-state index contributed by atoms with van der Waals surface area (Å²) >= 11 is 0. The van der Waals surface area contributed by atoms with Crippen molar-refractivity contribution in [2.24, 2.45) is 5.92 Å². The molecule has 2 aliphatic heterocycles. The maximum atomic E-state index is 12.6. The van der Waals surface area contributed by atoms with Gasteiger partial charge in [0.25, 0.3) is 0 Å². The Kier molecular flexibility index (Phi) is 5.06. The number of benzene rings is 2. The molecule has 2 aromatic rings. The number of hydrogen-bond donors (Lipinski definition) is 1. The molecule has 7 nitrogen and oxygen atoms in total. The number of fused-ring (bicyclic) bond motifs is 1. The van der Waals surface area contributed by atoms with E-state index in [0.29, 0.717) is 30.3 Å². The lowest BCUT2D eigenvalue weighted by molar-refractivity contribution is -0.122. The summed E-state index contributed by atoms with van der Waals surface area (Å²) in [6, 6.07) is 12.6. The van der Waals surface area contributed by atoms with Crippen molar-refractivity contribution in [3.05, 3.63) is 42.5 Å². The molecule has 1 atom stereocenters. The van der Waals surface area contributed by atoms with Crippen molar-refractivity contribution in [2.75, 3.05) is 30.2 Å². The second kappa shape index (κ2) is 7.80. The van der Waals surface area contributed by atoms with E-state index in [2.05, 4.69) is 5.32 Å². The smallest absolute Gasteiger partial charge is 0.231 e. The molecule has 0 unspecified atom stereocenters. The Labute approximate surface area is 163 Å². The zero-order valence-corrected chi connectivity index (χ0v) is 15.6. The highest BCUT2D eigenvalue weighted by Gasteiger charge is 2.35. The Balaban J connectivity index is 1.39. The lowest BCUT2D eigenvalue weighted by atomic mass is 10.1. The number of ether oxygens (including phenoxy) is 3. The summed E-state index contributed by atoms with van der Waals surface area (Å²) in [4.78, 5) is 26.7. The Hall–Kier alpha value is -3.22. The van der Waals surface area contributed by atoms with Crippen LogP contribution >= 0.6 is 0 Å². The molecule has 2 heterocycles. The van der Waals surface area contributed by atoms with Gasteiger partial charge in [-0.15, -0.1) is 0 Å². The van der Waals surface area contributed by atoms with Crippen LogP contribution in [0.25, 0.3) is 0 Å². The molecule has 0 aromatic heterocycles. The van der Waals surface area contributed by atoms with Crippen LogP contribution in [0.3, 0.4) is 0 Å². The van der Waals surface area contributed by atoms with E-state index in [1.165, 1.54) is 0 Å². The zero-order valence-electron chi connectivity index (χ0n) is 15.6. The van der Waals surface area contributed by atoms with E-state index >= 15 is 0 Å². The molecule has 2 amide bonds. The van der Waals surface area contributed by atoms with Gasteiger partial charge in [0.2, 0.25) is 18.6 Å². The topological polar surface area (TPSA) is 77.1 Å². The highest BCUT2D eigenvalue weighted by molar-refractivity contribution is 6.03. The van der Waals surface area contributed by atoms with Gasteiger partial charge in [-0.05, 0) is 42.8 Å². The van der Waals surface area contributed by atoms with Gasteiger partial charge in [-0.25, -0.2) is 0 Å². The molecule has 0 saturated carbocycles. The van der Waals surface area contributed by atoms with Crippen molar-refractivity contribution < 1.29 is 23.8 Å². The predicted molar refractivity (Wildman–Crippen MR) is 104 cm³/mol. The highest BCUT2D eigenvalue weighted by atomic mass is 16.7. The van der Waals surface area contributed by atoms with Crippen molar-refractivity contribution in [3.63, 3.8) is 0 Å². The molecule has 0 bridgehead atoms. The van der Waals surface area contributed by atoms with Gasteiger partial charge in [0.1, 0.15) is 5.75 Å². The van der Waals surface area contributed by atoms with Gasteiger partial charge in [-0.3, -0.25) is 9.59 Å².